The molecule has 3 aliphatic heterocycles. The van der Waals surface area contributed by atoms with Gasteiger partial charge in [-0.05, 0) is 142 Å². The Bertz CT molecular complexity index is 3560. The summed E-state index contributed by atoms with van der Waals surface area (Å²) in [5, 5.41) is 15.2. The second kappa shape index (κ2) is 13.1. The highest BCUT2D eigenvalue weighted by Gasteiger charge is 2.33. The van der Waals surface area contributed by atoms with Crippen molar-refractivity contribution >= 4 is 85.3 Å². The lowest BCUT2D eigenvalue weighted by atomic mass is 9.91. The molecule has 0 atom stereocenters. The standard InChI is InChI=1S/C52H43N7Si3/c1-60(2)53-42-24-15-25-43(50(42)56-60)59(44-28-26-40(48-51(44)57-61(3,4)54-48)46-36-20-11-7-16-32(36)30-33-17-8-12-21-37(33)46)45-29-27-41(49-52(45)58-62(5,6)55-49)47-38-22-13-9-18-34(38)31-35-19-10-14-23-39(35)47/h7-31H,1-6H3. The minimum Gasteiger partial charge on any atom is -0.304 e. The molecule has 0 aliphatic carbocycles. The maximum absolute atomic E-state index is 5.62. The third kappa shape index (κ3) is 5.74. The van der Waals surface area contributed by atoms with Crippen molar-refractivity contribution < 1.29 is 0 Å². The minimum atomic E-state index is -2.46. The fraction of sp³-hybridized carbons (Fsp3) is 0.115. The van der Waals surface area contributed by atoms with Crippen molar-refractivity contribution in [2.24, 2.45) is 27.9 Å². The Morgan fingerprint density at radius 1 is 0.323 bits per heavy atom. The summed E-state index contributed by atoms with van der Waals surface area (Å²) < 4.78 is 33.0. The SMILES string of the molecule is C[Si]1(C)N=c2cccc(N(c3ccc(-c4c5ccccc5cc5ccccc45)c4c3=N[Si](C)(C)N=4)c3ccc(-c4c5ccccc5cc5ccccc45)c4c3=N[Si](C)(C)N=4)c2=N1. The summed E-state index contributed by atoms with van der Waals surface area (Å²) >= 11 is 0. The zero-order valence-electron chi connectivity index (χ0n) is 35.6. The maximum Gasteiger partial charge on any atom is 0.298 e. The van der Waals surface area contributed by atoms with E-state index in [1.54, 1.807) is 0 Å². The summed E-state index contributed by atoms with van der Waals surface area (Å²) in [4.78, 5) is 2.37. The van der Waals surface area contributed by atoms with Gasteiger partial charge in [0.2, 0.25) is 0 Å². The molecule has 0 saturated carbocycles. The van der Waals surface area contributed by atoms with Crippen molar-refractivity contribution in [1.82, 2.24) is 0 Å². The second-order valence-electron chi connectivity index (χ2n) is 18.2. The molecule has 0 radical (unpaired) electrons. The first kappa shape index (κ1) is 37.1. The van der Waals surface area contributed by atoms with Gasteiger partial charge in [0.05, 0.1) is 49.2 Å². The highest BCUT2D eigenvalue weighted by molar-refractivity contribution is 6.75. The van der Waals surface area contributed by atoms with Crippen LogP contribution >= 0.6 is 0 Å². The normalized spacial score (nSPS) is 16.1. The topological polar surface area (TPSA) is 77.4 Å². The van der Waals surface area contributed by atoms with Crippen molar-refractivity contribution in [2.75, 3.05) is 4.90 Å². The van der Waals surface area contributed by atoms with E-state index in [0.717, 1.165) is 60.3 Å². The quantitative estimate of drug-likeness (QED) is 0.126. The van der Waals surface area contributed by atoms with Crippen LogP contribution in [-0.4, -0.2) is 25.2 Å². The number of hydrogen-bond acceptors (Lipinski definition) is 7. The molecular weight excluding hydrogens is 807 g/mol. The molecule has 0 fully saturated rings. The van der Waals surface area contributed by atoms with Gasteiger partial charge < -0.3 is 4.90 Å². The van der Waals surface area contributed by atoms with E-state index in [9.17, 15) is 0 Å². The molecule has 0 unspecified atom stereocenters. The van der Waals surface area contributed by atoms with Crippen LogP contribution in [-0.2, 0) is 0 Å². The lowest BCUT2D eigenvalue weighted by molar-refractivity contribution is 1.17. The van der Waals surface area contributed by atoms with Crippen molar-refractivity contribution in [3.63, 3.8) is 0 Å². The number of hydrogen-bond donors (Lipinski definition) is 0. The van der Waals surface area contributed by atoms with Crippen LogP contribution in [0.25, 0.3) is 65.3 Å². The predicted octanol–water partition coefficient (Wildman–Crippen LogP) is 9.97. The van der Waals surface area contributed by atoms with Gasteiger partial charge in [-0.15, -0.1) is 0 Å². The van der Waals surface area contributed by atoms with Gasteiger partial charge in [0, 0.05) is 11.1 Å². The third-order valence-electron chi connectivity index (χ3n) is 12.4. The first-order valence-electron chi connectivity index (χ1n) is 21.4. The van der Waals surface area contributed by atoms with Crippen LogP contribution in [0, 0.1) is 0 Å². The molecule has 0 aromatic heterocycles. The first-order valence-corrected chi connectivity index (χ1v) is 30.1. The molecule has 0 amide bonds. The molecule has 298 valence electrons. The Kier molecular flexibility index (Phi) is 7.85. The van der Waals surface area contributed by atoms with Crippen LogP contribution in [0.15, 0.2) is 180 Å². The lowest BCUT2D eigenvalue weighted by Gasteiger charge is -2.26. The van der Waals surface area contributed by atoms with E-state index in [2.05, 4.69) is 196 Å². The van der Waals surface area contributed by atoms with Crippen molar-refractivity contribution in [1.29, 1.82) is 0 Å². The average molecular weight is 850 g/mol. The number of fused-ring (bicyclic) bond motifs is 7. The van der Waals surface area contributed by atoms with E-state index in [1.165, 1.54) is 54.2 Å². The van der Waals surface area contributed by atoms with Gasteiger partial charge in [0.1, 0.15) is 0 Å². The molecule has 3 aliphatic rings. The van der Waals surface area contributed by atoms with Gasteiger partial charge in [-0.3, -0.25) is 27.9 Å². The zero-order valence-corrected chi connectivity index (χ0v) is 38.6. The van der Waals surface area contributed by atoms with Crippen LogP contribution in [0.1, 0.15) is 0 Å². The molecule has 10 heteroatoms. The van der Waals surface area contributed by atoms with E-state index in [0.29, 0.717) is 0 Å². The summed E-state index contributed by atoms with van der Waals surface area (Å²) in [7, 11) is -7.19. The molecule has 0 N–H and O–H groups in total. The highest BCUT2D eigenvalue weighted by Crippen LogP contribution is 2.39. The van der Waals surface area contributed by atoms with E-state index in [-0.39, 0.29) is 0 Å². The van der Waals surface area contributed by atoms with Crippen molar-refractivity contribution in [2.45, 2.75) is 39.3 Å². The third-order valence-corrected chi connectivity index (χ3v) is 17.0. The fourth-order valence-corrected chi connectivity index (χ4v) is 14.8. The van der Waals surface area contributed by atoms with Gasteiger partial charge in [0.25, 0.3) is 25.2 Å². The van der Waals surface area contributed by atoms with Gasteiger partial charge in [0.15, 0.2) is 0 Å². The molecule has 62 heavy (non-hydrogen) atoms. The monoisotopic (exact) mass is 849 g/mol. The smallest absolute Gasteiger partial charge is 0.298 e. The van der Waals surface area contributed by atoms with E-state index < -0.39 is 25.2 Å². The zero-order chi connectivity index (χ0) is 42.1. The summed E-state index contributed by atoms with van der Waals surface area (Å²) in [6.07, 6.45) is 0. The summed E-state index contributed by atoms with van der Waals surface area (Å²) in [6.45, 7) is 13.3. The molecule has 0 bridgehead atoms. The molecule has 12 rings (SSSR count). The van der Waals surface area contributed by atoms with Gasteiger partial charge in [-0.1, -0.05) is 103 Å². The predicted molar refractivity (Wildman–Crippen MR) is 261 cm³/mol. The molecule has 3 heterocycles. The maximum atomic E-state index is 5.62. The van der Waals surface area contributed by atoms with E-state index in [1.807, 2.05) is 0 Å². The van der Waals surface area contributed by atoms with Crippen LogP contribution in [0.2, 0.25) is 39.3 Å². The Hall–Kier alpha value is -6.73. The molecule has 7 nitrogen and oxygen atoms in total. The summed E-state index contributed by atoms with van der Waals surface area (Å²) in [5.41, 5.74) is 7.45. The van der Waals surface area contributed by atoms with Gasteiger partial charge >= 0.3 is 0 Å². The first-order chi connectivity index (χ1) is 29.9. The second-order valence-corrected chi connectivity index (χ2v) is 28.5. The van der Waals surface area contributed by atoms with E-state index >= 15 is 0 Å². The van der Waals surface area contributed by atoms with Gasteiger partial charge in [-0.25, -0.2) is 0 Å². The number of anilines is 3. The van der Waals surface area contributed by atoms with Crippen molar-refractivity contribution in [3.05, 3.63) is 184 Å². The summed E-state index contributed by atoms with van der Waals surface area (Å²) in [5.74, 6) is 0. The molecular formula is C52H43N7Si3. The number of benzene rings is 9. The van der Waals surface area contributed by atoms with Crippen LogP contribution < -0.4 is 37.0 Å². The van der Waals surface area contributed by atoms with Crippen LogP contribution in [0.5, 0.6) is 0 Å². The summed E-state index contributed by atoms with van der Waals surface area (Å²) in [6, 6.07) is 54.9. The Morgan fingerprint density at radius 3 is 1.11 bits per heavy atom. The van der Waals surface area contributed by atoms with Crippen LogP contribution in [0.3, 0.4) is 0 Å². The van der Waals surface area contributed by atoms with Gasteiger partial charge in [-0.2, -0.15) is 0 Å². The Balaban J connectivity index is 1.19. The lowest BCUT2D eigenvalue weighted by Crippen LogP contribution is -2.38. The molecule has 9 aromatic rings. The Labute approximate surface area is 361 Å². The van der Waals surface area contributed by atoms with Crippen molar-refractivity contribution in [3.8, 4) is 22.3 Å². The fourth-order valence-electron chi connectivity index (χ4n) is 9.99. The molecule has 9 aromatic carbocycles. The average Bonchev–Trinajstić information content (AvgIpc) is 3.89. The molecule has 0 saturated heterocycles. The Morgan fingerprint density at radius 2 is 0.677 bits per heavy atom. The minimum absolute atomic E-state index is 0.907. The number of rotatable bonds is 5. The van der Waals surface area contributed by atoms with Crippen LogP contribution in [0.4, 0.5) is 17.1 Å². The largest absolute Gasteiger partial charge is 0.304 e. The molecule has 0 spiro atoms. The number of nitrogens with zero attached hydrogens (tertiary/aromatic N) is 7. The highest BCUT2D eigenvalue weighted by atomic mass is 28.4. The van der Waals surface area contributed by atoms with E-state index in [4.69, 9.17) is 27.9 Å².